The number of nitrogens with two attached hydrogens (primary N) is 1. The Balaban J connectivity index is 1.46. The molecule has 2 saturated heterocycles. The lowest BCUT2D eigenvalue weighted by Crippen LogP contribution is -2.58. The Morgan fingerprint density at radius 2 is 1.78 bits per heavy atom. The molecule has 9 heteroatoms. The van der Waals surface area contributed by atoms with E-state index in [0.29, 0.717) is 56.5 Å². The lowest BCUT2D eigenvalue weighted by Gasteiger charge is -2.43. The van der Waals surface area contributed by atoms with Crippen molar-refractivity contribution in [2.24, 2.45) is 17.6 Å². The number of hydrogen-bond donors (Lipinski definition) is 2. The molecule has 1 aromatic carbocycles. The van der Waals surface area contributed by atoms with Crippen molar-refractivity contribution in [3.05, 3.63) is 35.6 Å². The first-order chi connectivity index (χ1) is 17.9. The van der Waals surface area contributed by atoms with Crippen molar-refractivity contribution in [3.63, 3.8) is 0 Å². The van der Waals surface area contributed by atoms with Crippen molar-refractivity contribution < 1.29 is 23.5 Å². The van der Waals surface area contributed by atoms with Crippen LogP contribution in [0.15, 0.2) is 24.3 Å². The summed E-state index contributed by atoms with van der Waals surface area (Å²) in [6, 6.07) is 4.70. The summed E-state index contributed by atoms with van der Waals surface area (Å²) in [6.07, 6.45) is 6.97. The quantitative estimate of drug-likeness (QED) is 0.553. The first-order valence-electron chi connectivity index (χ1n) is 13.8. The van der Waals surface area contributed by atoms with Crippen molar-refractivity contribution in [1.82, 2.24) is 15.1 Å². The summed E-state index contributed by atoms with van der Waals surface area (Å²) in [5, 5.41) is 3.11. The van der Waals surface area contributed by atoms with Gasteiger partial charge in [-0.1, -0.05) is 0 Å². The number of nitrogens with one attached hydrogen (secondary N) is 1. The fourth-order valence-electron chi connectivity index (χ4n) is 6.05. The molecule has 0 spiro atoms. The van der Waals surface area contributed by atoms with Crippen LogP contribution >= 0.6 is 0 Å². The van der Waals surface area contributed by atoms with Gasteiger partial charge in [-0.15, -0.1) is 0 Å². The molecule has 37 heavy (non-hydrogen) atoms. The maximum atomic E-state index is 13.6. The molecule has 8 nitrogen and oxygen atoms in total. The van der Waals surface area contributed by atoms with E-state index >= 15 is 0 Å². The van der Waals surface area contributed by atoms with Gasteiger partial charge in [-0.25, -0.2) is 4.39 Å². The molecule has 3 N–H and O–H groups in total. The molecule has 0 bridgehead atoms. The molecule has 3 atom stereocenters. The Hall–Kier alpha value is -2.52. The summed E-state index contributed by atoms with van der Waals surface area (Å²) in [4.78, 5) is 42.8. The van der Waals surface area contributed by atoms with Gasteiger partial charge >= 0.3 is 0 Å². The predicted octanol–water partition coefficient (Wildman–Crippen LogP) is 2.71. The topological polar surface area (TPSA) is 105 Å². The van der Waals surface area contributed by atoms with Gasteiger partial charge in [-0.05, 0) is 94.0 Å². The summed E-state index contributed by atoms with van der Waals surface area (Å²) >= 11 is 0. The Kier molecular flexibility index (Phi) is 9.54. The molecule has 0 aromatic heterocycles. The van der Waals surface area contributed by atoms with Crippen LogP contribution in [0.2, 0.25) is 0 Å². The first kappa shape index (κ1) is 27.5. The lowest BCUT2D eigenvalue weighted by atomic mass is 9.82. The normalized spacial score (nSPS) is 28.1. The zero-order valence-corrected chi connectivity index (χ0v) is 21.9. The van der Waals surface area contributed by atoms with Gasteiger partial charge in [0.2, 0.25) is 11.8 Å². The molecule has 2 heterocycles. The fraction of sp³-hybridized carbons (Fsp3) is 0.679. The molecule has 2 aliphatic heterocycles. The maximum absolute atomic E-state index is 13.6. The van der Waals surface area contributed by atoms with Gasteiger partial charge in [-0.3, -0.25) is 14.4 Å². The van der Waals surface area contributed by atoms with E-state index in [0.717, 1.165) is 45.1 Å². The molecule has 1 aliphatic carbocycles. The maximum Gasteiger partial charge on any atom is 0.254 e. The van der Waals surface area contributed by atoms with Crippen LogP contribution in [0.3, 0.4) is 0 Å². The van der Waals surface area contributed by atoms with Gasteiger partial charge in [0.1, 0.15) is 11.9 Å². The Morgan fingerprint density at radius 3 is 2.41 bits per heavy atom. The number of benzene rings is 1. The van der Waals surface area contributed by atoms with Crippen LogP contribution in [0, 0.1) is 17.7 Å². The van der Waals surface area contributed by atoms with Gasteiger partial charge < -0.3 is 25.6 Å². The largest absolute Gasteiger partial charge is 0.376 e. The number of carbonyl (C=O) groups excluding carboxylic acids is 3. The average molecular weight is 517 g/mol. The predicted molar refractivity (Wildman–Crippen MR) is 138 cm³/mol. The second-order valence-corrected chi connectivity index (χ2v) is 10.9. The minimum absolute atomic E-state index is 0.0637. The van der Waals surface area contributed by atoms with E-state index in [4.69, 9.17) is 10.5 Å². The third-order valence-electron chi connectivity index (χ3n) is 8.36. The number of halogens is 1. The second kappa shape index (κ2) is 12.8. The van der Waals surface area contributed by atoms with E-state index in [-0.39, 0.29) is 29.9 Å². The third-order valence-corrected chi connectivity index (χ3v) is 8.36. The van der Waals surface area contributed by atoms with Crippen LogP contribution < -0.4 is 11.1 Å². The molecular formula is C28H41FN4O4. The second-order valence-electron chi connectivity index (χ2n) is 10.9. The number of hydrogen-bond acceptors (Lipinski definition) is 5. The standard InChI is InChI=1S/C28H41FN4O4/c1-19(34)32-13-12-24(15-26(32)27(35)31-17-21-6-4-20(16-30)5-7-21)33(18-25-3-2-14-37-25)28(36)22-8-10-23(29)11-9-22/h8-11,20-21,24-26H,2-7,12-18,30H2,1H3,(H,31,35)/t20?,21?,24?,25?,26-/m1/s1. The van der Waals surface area contributed by atoms with Crippen molar-refractivity contribution in [2.45, 2.75) is 76.5 Å². The van der Waals surface area contributed by atoms with E-state index in [1.54, 1.807) is 9.80 Å². The molecule has 0 radical (unpaired) electrons. The van der Waals surface area contributed by atoms with Crippen LogP contribution in [0.4, 0.5) is 4.39 Å². The fourth-order valence-corrected chi connectivity index (χ4v) is 6.05. The van der Waals surface area contributed by atoms with Gasteiger partial charge in [0.05, 0.1) is 6.10 Å². The van der Waals surface area contributed by atoms with Gasteiger partial charge in [0.25, 0.3) is 5.91 Å². The third kappa shape index (κ3) is 7.08. The van der Waals surface area contributed by atoms with E-state index < -0.39 is 11.9 Å². The van der Waals surface area contributed by atoms with Crippen LogP contribution in [0.5, 0.6) is 0 Å². The number of piperidine rings is 1. The number of ether oxygens (including phenoxy) is 1. The Labute approximate surface area is 219 Å². The zero-order valence-electron chi connectivity index (χ0n) is 21.9. The number of amides is 3. The average Bonchev–Trinajstić information content (AvgIpc) is 3.43. The van der Waals surface area contributed by atoms with E-state index in [1.807, 2.05) is 0 Å². The molecule has 4 rings (SSSR count). The molecule has 3 aliphatic rings. The number of carbonyl (C=O) groups is 3. The molecule has 1 aromatic rings. The van der Waals surface area contributed by atoms with E-state index in [1.165, 1.54) is 31.2 Å². The van der Waals surface area contributed by atoms with Crippen molar-refractivity contribution in [2.75, 3.05) is 32.8 Å². The van der Waals surface area contributed by atoms with Crippen LogP contribution in [0.25, 0.3) is 0 Å². The number of rotatable bonds is 8. The highest BCUT2D eigenvalue weighted by molar-refractivity contribution is 5.94. The lowest BCUT2D eigenvalue weighted by molar-refractivity contribution is -0.142. The highest BCUT2D eigenvalue weighted by Gasteiger charge is 2.39. The minimum atomic E-state index is -0.635. The van der Waals surface area contributed by atoms with Crippen LogP contribution in [0.1, 0.15) is 68.6 Å². The number of nitrogens with zero attached hydrogens (tertiary/aromatic N) is 2. The summed E-state index contributed by atoms with van der Waals surface area (Å²) in [6.45, 7) is 4.29. The Morgan fingerprint density at radius 1 is 1.08 bits per heavy atom. The Bertz CT molecular complexity index is 929. The molecule has 2 unspecified atom stereocenters. The van der Waals surface area contributed by atoms with Crippen LogP contribution in [-0.4, -0.2) is 78.5 Å². The minimum Gasteiger partial charge on any atom is -0.376 e. The molecule has 204 valence electrons. The van der Waals surface area contributed by atoms with E-state index in [9.17, 15) is 18.8 Å². The van der Waals surface area contributed by atoms with Crippen molar-refractivity contribution >= 4 is 17.7 Å². The van der Waals surface area contributed by atoms with Crippen molar-refractivity contribution in [3.8, 4) is 0 Å². The molecule has 3 amide bonds. The zero-order chi connectivity index (χ0) is 26.4. The van der Waals surface area contributed by atoms with Crippen molar-refractivity contribution in [1.29, 1.82) is 0 Å². The van der Waals surface area contributed by atoms with Gasteiger partial charge in [0.15, 0.2) is 0 Å². The monoisotopic (exact) mass is 516 g/mol. The van der Waals surface area contributed by atoms with Gasteiger partial charge in [-0.2, -0.15) is 0 Å². The molecule has 3 fully saturated rings. The smallest absolute Gasteiger partial charge is 0.254 e. The first-order valence-corrected chi connectivity index (χ1v) is 13.8. The summed E-state index contributed by atoms with van der Waals surface area (Å²) in [5.41, 5.74) is 6.21. The highest BCUT2D eigenvalue weighted by Crippen LogP contribution is 2.29. The van der Waals surface area contributed by atoms with Crippen LogP contribution in [-0.2, 0) is 14.3 Å². The SMILES string of the molecule is CC(=O)N1CCC(N(CC2CCCO2)C(=O)c2ccc(F)cc2)C[C@@H]1C(=O)NCC1CCC(CN)CC1. The number of likely N-dealkylation sites (tertiary alicyclic amines) is 1. The summed E-state index contributed by atoms with van der Waals surface area (Å²) in [5.74, 6) is 0.100. The molecule has 1 saturated carbocycles. The molecular weight excluding hydrogens is 475 g/mol. The van der Waals surface area contributed by atoms with Gasteiger partial charge in [0, 0.05) is 44.8 Å². The summed E-state index contributed by atoms with van der Waals surface area (Å²) < 4.78 is 19.3. The highest BCUT2D eigenvalue weighted by atomic mass is 19.1. The van der Waals surface area contributed by atoms with E-state index in [2.05, 4.69) is 5.32 Å². The summed E-state index contributed by atoms with van der Waals surface area (Å²) in [7, 11) is 0.